The molecule has 2 N–H and O–H groups in total. The number of rotatable bonds is 2. The average molecular weight is 263 g/mol. The van der Waals surface area contributed by atoms with E-state index in [2.05, 4.69) is 15.3 Å². The maximum absolute atomic E-state index is 5.91. The Labute approximate surface area is 105 Å². The molecule has 0 radical (unpaired) electrons. The predicted molar refractivity (Wildman–Crippen MR) is 68.4 cm³/mol. The molecule has 5 nitrogen and oxygen atoms in total. The number of nitrogens with zero attached hydrogens (tertiary/aromatic N) is 4. The van der Waals surface area contributed by atoms with E-state index in [0.29, 0.717) is 5.92 Å². The van der Waals surface area contributed by atoms with Gasteiger partial charge in [-0.15, -0.1) is 21.5 Å². The molecule has 0 unspecified atom stereocenters. The van der Waals surface area contributed by atoms with Crippen LogP contribution in [0.5, 0.6) is 0 Å². The molecule has 0 atom stereocenters. The molecule has 1 aliphatic carbocycles. The minimum absolute atomic E-state index is 0.555. The fourth-order valence-electron chi connectivity index (χ4n) is 1.83. The number of nitrogen functional groups attached to an aromatic ring is 1. The van der Waals surface area contributed by atoms with Gasteiger partial charge in [-0.3, -0.25) is 0 Å². The van der Waals surface area contributed by atoms with Gasteiger partial charge in [-0.1, -0.05) is 11.3 Å². The van der Waals surface area contributed by atoms with E-state index in [1.165, 1.54) is 24.2 Å². The van der Waals surface area contributed by atoms with Gasteiger partial charge in [-0.05, 0) is 24.3 Å². The van der Waals surface area contributed by atoms with Crippen LogP contribution in [0.2, 0.25) is 0 Å². The van der Waals surface area contributed by atoms with Crippen molar-refractivity contribution in [1.29, 1.82) is 0 Å². The van der Waals surface area contributed by atoms with Crippen LogP contribution in [0.4, 0.5) is 5.00 Å². The van der Waals surface area contributed by atoms with Gasteiger partial charge in [-0.2, -0.15) is 9.61 Å². The quantitative estimate of drug-likeness (QED) is 0.770. The maximum atomic E-state index is 5.91. The summed E-state index contributed by atoms with van der Waals surface area (Å²) >= 11 is 3.07. The number of hydrogen-bond donors (Lipinski definition) is 1. The Morgan fingerprint density at radius 2 is 2.24 bits per heavy atom. The van der Waals surface area contributed by atoms with Crippen LogP contribution in [0, 0.1) is 0 Å². The van der Waals surface area contributed by atoms with Crippen molar-refractivity contribution < 1.29 is 0 Å². The molecule has 0 aliphatic heterocycles. The summed E-state index contributed by atoms with van der Waals surface area (Å²) in [5.74, 6) is 1.55. The highest BCUT2D eigenvalue weighted by Crippen LogP contribution is 2.40. The highest BCUT2D eigenvalue weighted by Gasteiger charge is 2.30. The summed E-state index contributed by atoms with van der Waals surface area (Å²) in [6.07, 6.45) is 2.41. The van der Waals surface area contributed by atoms with Crippen molar-refractivity contribution in [3.8, 4) is 10.6 Å². The SMILES string of the molecule is Nc1sccc1-c1nn2c(C3CC3)nnc2s1. The van der Waals surface area contributed by atoms with Crippen molar-refractivity contribution in [2.24, 2.45) is 0 Å². The Bertz CT molecular complexity index is 691. The molecular formula is C10H9N5S2. The first-order valence-corrected chi connectivity index (χ1v) is 7.08. The molecule has 0 saturated heterocycles. The van der Waals surface area contributed by atoms with Crippen LogP contribution in [0.3, 0.4) is 0 Å². The Balaban J connectivity index is 1.90. The lowest BCUT2D eigenvalue weighted by Crippen LogP contribution is -1.93. The summed E-state index contributed by atoms with van der Waals surface area (Å²) in [4.78, 5) is 0.854. The highest BCUT2D eigenvalue weighted by atomic mass is 32.1. The molecule has 3 aromatic rings. The van der Waals surface area contributed by atoms with Crippen LogP contribution in [0.25, 0.3) is 15.5 Å². The van der Waals surface area contributed by atoms with E-state index >= 15 is 0 Å². The zero-order valence-corrected chi connectivity index (χ0v) is 10.5. The minimum atomic E-state index is 0.555. The molecule has 17 heavy (non-hydrogen) atoms. The lowest BCUT2D eigenvalue weighted by Gasteiger charge is -1.92. The van der Waals surface area contributed by atoms with Crippen LogP contribution in [0.1, 0.15) is 24.6 Å². The zero-order chi connectivity index (χ0) is 11.4. The molecule has 1 aliphatic rings. The molecule has 86 valence electrons. The second-order valence-corrected chi connectivity index (χ2v) is 6.04. The number of fused-ring (bicyclic) bond motifs is 1. The molecule has 3 aromatic heterocycles. The van der Waals surface area contributed by atoms with Crippen LogP contribution in [-0.4, -0.2) is 19.8 Å². The van der Waals surface area contributed by atoms with Crippen LogP contribution in [-0.2, 0) is 0 Å². The van der Waals surface area contributed by atoms with E-state index in [0.717, 1.165) is 26.4 Å². The summed E-state index contributed by atoms with van der Waals surface area (Å²) in [6, 6.07) is 2.00. The summed E-state index contributed by atoms with van der Waals surface area (Å²) in [7, 11) is 0. The molecule has 0 aromatic carbocycles. The maximum Gasteiger partial charge on any atom is 0.234 e. The van der Waals surface area contributed by atoms with Crippen molar-refractivity contribution in [2.75, 3.05) is 5.73 Å². The monoisotopic (exact) mass is 263 g/mol. The summed E-state index contributed by atoms with van der Waals surface area (Å²) < 4.78 is 1.87. The average Bonchev–Trinajstić information content (AvgIpc) is 2.75. The molecule has 0 bridgehead atoms. The third-order valence-corrected chi connectivity index (χ3v) is 4.56. The van der Waals surface area contributed by atoms with Gasteiger partial charge in [0.25, 0.3) is 0 Å². The first-order valence-electron chi connectivity index (χ1n) is 5.38. The Morgan fingerprint density at radius 3 is 2.94 bits per heavy atom. The molecule has 7 heteroatoms. The van der Waals surface area contributed by atoms with Crippen molar-refractivity contribution in [1.82, 2.24) is 19.8 Å². The number of aromatic nitrogens is 4. The van der Waals surface area contributed by atoms with Crippen LogP contribution in [0.15, 0.2) is 11.4 Å². The van der Waals surface area contributed by atoms with Crippen LogP contribution < -0.4 is 5.73 Å². The van der Waals surface area contributed by atoms with E-state index in [1.807, 2.05) is 16.0 Å². The number of anilines is 1. The predicted octanol–water partition coefficient (Wildman–Crippen LogP) is 2.37. The van der Waals surface area contributed by atoms with Crippen molar-refractivity contribution in [2.45, 2.75) is 18.8 Å². The Morgan fingerprint density at radius 1 is 1.35 bits per heavy atom. The lowest BCUT2D eigenvalue weighted by atomic mass is 10.3. The number of nitrogens with two attached hydrogens (primary N) is 1. The van der Waals surface area contributed by atoms with E-state index in [-0.39, 0.29) is 0 Å². The Kier molecular flexibility index (Phi) is 1.84. The largest absolute Gasteiger partial charge is 0.390 e. The zero-order valence-electron chi connectivity index (χ0n) is 8.83. The summed E-state index contributed by atoms with van der Waals surface area (Å²) in [6.45, 7) is 0. The van der Waals surface area contributed by atoms with Gasteiger partial charge in [0.05, 0.1) is 5.00 Å². The van der Waals surface area contributed by atoms with Gasteiger partial charge >= 0.3 is 0 Å². The van der Waals surface area contributed by atoms with Crippen LogP contribution >= 0.6 is 22.7 Å². The number of hydrogen-bond acceptors (Lipinski definition) is 6. The van der Waals surface area contributed by atoms with Gasteiger partial charge < -0.3 is 5.73 Å². The topological polar surface area (TPSA) is 69.1 Å². The number of thiophene rings is 1. The molecule has 3 heterocycles. The molecule has 1 fully saturated rings. The third-order valence-electron chi connectivity index (χ3n) is 2.88. The van der Waals surface area contributed by atoms with Gasteiger partial charge in [-0.25, -0.2) is 0 Å². The molecule has 0 spiro atoms. The second kappa shape index (κ2) is 3.27. The first kappa shape index (κ1) is 9.55. The van der Waals surface area contributed by atoms with E-state index in [1.54, 1.807) is 11.3 Å². The first-order chi connectivity index (χ1) is 8.33. The van der Waals surface area contributed by atoms with Gasteiger partial charge in [0.2, 0.25) is 4.96 Å². The van der Waals surface area contributed by atoms with Gasteiger partial charge in [0.15, 0.2) is 10.8 Å². The van der Waals surface area contributed by atoms with Crippen molar-refractivity contribution in [3.63, 3.8) is 0 Å². The minimum Gasteiger partial charge on any atom is -0.390 e. The smallest absolute Gasteiger partial charge is 0.234 e. The second-order valence-electron chi connectivity index (χ2n) is 4.13. The standard InChI is InChI=1S/C10H9N5S2/c11-7-6(3-4-16-7)9-14-15-8(5-1-2-5)12-13-10(15)17-9/h3-5H,1-2,11H2. The van der Waals surface area contributed by atoms with E-state index in [9.17, 15) is 0 Å². The van der Waals surface area contributed by atoms with Crippen molar-refractivity contribution in [3.05, 3.63) is 17.3 Å². The fourth-order valence-corrected chi connectivity index (χ4v) is 3.43. The summed E-state index contributed by atoms with van der Waals surface area (Å²) in [5, 5.41) is 16.7. The van der Waals surface area contributed by atoms with E-state index < -0.39 is 0 Å². The van der Waals surface area contributed by atoms with E-state index in [4.69, 9.17) is 5.73 Å². The molecule has 1 saturated carbocycles. The fraction of sp³-hybridized carbons (Fsp3) is 0.300. The third kappa shape index (κ3) is 1.39. The van der Waals surface area contributed by atoms with Gasteiger partial charge in [0.1, 0.15) is 0 Å². The highest BCUT2D eigenvalue weighted by molar-refractivity contribution is 7.20. The normalized spacial score (nSPS) is 15.8. The lowest BCUT2D eigenvalue weighted by molar-refractivity contribution is 0.828. The summed E-state index contributed by atoms with van der Waals surface area (Å²) in [5.41, 5.74) is 6.92. The van der Waals surface area contributed by atoms with Gasteiger partial charge in [0, 0.05) is 11.5 Å². The Hall–Kier alpha value is -1.47. The molecule has 4 rings (SSSR count). The molecular weight excluding hydrogens is 254 g/mol. The molecule has 0 amide bonds. The van der Waals surface area contributed by atoms with Crippen molar-refractivity contribution >= 4 is 32.6 Å².